The average molecular weight is 559 g/mol. The summed E-state index contributed by atoms with van der Waals surface area (Å²) in [5.74, 6) is -5.23. The van der Waals surface area contributed by atoms with Crippen LogP contribution in [0.2, 0.25) is 0 Å². The van der Waals surface area contributed by atoms with Gasteiger partial charge in [0.1, 0.15) is 11.9 Å². The molecule has 210 valence electrons. The van der Waals surface area contributed by atoms with Crippen molar-refractivity contribution < 1.29 is 45.1 Å². The molecule has 0 unspecified atom stereocenters. The number of halogens is 7. The Morgan fingerprint density at radius 1 is 1.00 bits per heavy atom. The number of rotatable bonds is 6. The Morgan fingerprint density at radius 2 is 1.67 bits per heavy atom. The maximum atomic E-state index is 14.7. The van der Waals surface area contributed by atoms with E-state index in [1.54, 1.807) is 12.2 Å². The number of carbonyl (C=O) groups excluding carboxylic acids is 3. The highest BCUT2D eigenvalue weighted by molar-refractivity contribution is 6.06. The number of alkyl halides is 6. The number of carbonyl (C=O) groups is 3. The number of para-hydroxylation sites is 1. The van der Waals surface area contributed by atoms with Crippen LogP contribution in [-0.4, -0.2) is 41.4 Å². The van der Waals surface area contributed by atoms with Gasteiger partial charge in [0.05, 0.1) is 22.9 Å². The predicted octanol–water partition coefficient (Wildman–Crippen LogP) is 5.46. The lowest BCUT2D eigenvalue weighted by atomic mass is 9.98. The Bertz CT molecular complexity index is 1270. The van der Waals surface area contributed by atoms with Crippen molar-refractivity contribution in [3.05, 3.63) is 65.0 Å². The predicted molar refractivity (Wildman–Crippen MR) is 125 cm³/mol. The number of benzene rings is 2. The van der Waals surface area contributed by atoms with E-state index in [9.17, 15) is 45.1 Å². The van der Waals surface area contributed by atoms with E-state index in [2.05, 4.69) is 5.32 Å². The molecule has 2 aromatic rings. The van der Waals surface area contributed by atoms with Crippen LogP contribution in [0.1, 0.15) is 53.7 Å². The highest BCUT2D eigenvalue weighted by Gasteiger charge is 2.43. The summed E-state index contributed by atoms with van der Waals surface area (Å²) in [5, 5.41) is 4.36. The first kappa shape index (κ1) is 28.4. The second-order valence-corrected chi connectivity index (χ2v) is 9.87. The smallest absolute Gasteiger partial charge is 0.347 e. The normalized spacial score (nSPS) is 20.5. The Labute approximate surface area is 218 Å². The fraction of sp³-hybridized carbons (Fsp3) is 0.423. The van der Waals surface area contributed by atoms with E-state index in [1.165, 1.54) is 23.1 Å². The average Bonchev–Trinajstić information content (AvgIpc) is 3.62. The van der Waals surface area contributed by atoms with Crippen molar-refractivity contribution in [2.24, 2.45) is 11.8 Å². The molecule has 1 aliphatic heterocycles. The molecule has 2 aliphatic rings. The fourth-order valence-electron chi connectivity index (χ4n) is 4.73. The molecule has 13 heteroatoms. The Balaban J connectivity index is 1.56. The molecular weight excluding hydrogens is 535 g/mol. The maximum Gasteiger partial charge on any atom is 0.471 e. The summed E-state index contributed by atoms with van der Waals surface area (Å²) in [4.78, 5) is 39.4. The van der Waals surface area contributed by atoms with Gasteiger partial charge in [-0.25, -0.2) is 4.39 Å². The summed E-state index contributed by atoms with van der Waals surface area (Å²) in [7, 11) is 0. The molecule has 2 N–H and O–H groups in total. The molecule has 6 nitrogen and oxygen atoms in total. The standard InChI is InChI=1S/C26H24F7N3O3/c1-13-10-20(36(12-13)23(38)17-4-2-3-5-19(17)34-24(39)26(31,32)33)22(37)35-21(14-6-7-14)16-9-8-15(11-18(16)27)25(28,29)30/h2-5,8-9,11,13-14,20-21H,6-7,10,12H2,1H3,(H,34,39)(H,35,37)/t13-,20-,21-/m1/s1. The second kappa shape index (κ2) is 10.5. The zero-order valence-electron chi connectivity index (χ0n) is 20.5. The molecule has 2 aromatic carbocycles. The number of amides is 3. The molecule has 0 radical (unpaired) electrons. The molecule has 4 rings (SSSR count). The molecule has 0 spiro atoms. The van der Waals surface area contributed by atoms with E-state index in [4.69, 9.17) is 0 Å². The first-order valence-electron chi connectivity index (χ1n) is 12.1. The minimum Gasteiger partial charge on any atom is -0.347 e. The third-order valence-electron chi connectivity index (χ3n) is 6.79. The monoisotopic (exact) mass is 559 g/mol. The van der Waals surface area contributed by atoms with Crippen LogP contribution < -0.4 is 10.6 Å². The van der Waals surface area contributed by atoms with Crippen LogP contribution >= 0.6 is 0 Å². The summed E-state index contributed by atoms with van der Waals surface area (Å²) in [6, 6.07) is 5.17. The zero-order valence-corrected chi connectivity index (χ0v) is 20.5. The number of likely N-dealkylation sites (tertiary alicyclic amines) is 1. The highest BCUT2D eigenvalue weighted by Crippen LogP contribution is 2.43. The van der Waals surface area contributed by atoms with Gasteiger partial charge in [0.2, 0.25) is 5.91 Å². The second-order valence-electron chi connectivity index (χ2n) is 9.87. The Kier molecular flexibility index (Phi) is 7.63. The third kappa shape index (κ3) is 6.34. The van der Waals surface area contributed by atoms with Crippen molar-refractivity contribution >= 4 is 23.4 Å². The molecule has 3 amide bonds. The number of hydrogen-bond donors (Lipinski definition) is 2. The minimum absolute atomic E-state index is 0.0845. The van der Waals surface area contributed by atoms with Gasteiger partial charge in [0, 0.05) is 12.1 Å². The topological polar surface area (TPSA) is 78.5 Å². The molecular formula is C26H24F7N3O3. The third-order valence-corrected chi connectivity index (χ3v) is 6.79. The Morgan fingerprint density at radius 3 is 2.26 bits per heavy atom. The molecule has 1 saturated carbocycles. The zero-order chi connectivity index (χ0) is 28.7. The summed E-state index contributed by atoms with van der Waals surface area (Å²) in [6.45, 7) is 1.85. The fourth-order valence-corrected chi connectivity index (χ4v) is 4.73. The largest absolute Gasteiger partial charge is 0.471 e. The lowest BCUT2D eigenvalue weighted by Crippen LogP contribution is -2.47. The van der Waals surface area contributed by atoms with E-state index in [0.717, 1.165) is 18.2 Å². The molecule has 2 fully saturated rings. The van der Waals surface area contributed by atoms with Gasteiger partial charge in [-0.15, -0.1) is 0 Å². The van der Waals surface area contributed by atoms with Gasteiger partial charge in [-0.2, -0.15) is 26.3 Å². The van der Waals surface area contributed by atoms with Crippen molar-refractivity contribution in [3.63, 3.8) is 0 Å². The van der Waals surface area contributed by atoms with Crippen molar-refractivity contribution in [1.29, 1.82) is 0 Å². The van der Waals surface area contributed by atoms with Gasteiger partial charge >= 0.3 is 18.3 Å². The van der Waals surface area contributed by atoms with Crippen LogP contribution in [0.25, 0.3) is 0 Å². The number of hydrogen-bond acceptors (Lipinski definition) is 3. The molecule has 3 atom stereocenters. The molecule has 0 bridgehead atoms. The Hall–Kier alpha value is -3.64. The van der Waals surface area contributed by atoms with Crippen molar-refractivity contribution in [1.82, 2.24) is 10.2 Å². The molecule has 39 heavy (non-hydrogen) atoms. The maximum absolute atomic E-state index is 14.7. The van der Waals surface area contributed by atoms with Gasteiger partial charge in [-0.3, -0.25) is 14.4 Å². The lowest BCUT2D eigenvalue weighted by Gasteiger charge is -2.28. The number of anilines is 1. The van der Waals surface area contributed by atoms with Gasteiger partial charge in [0.25, 0.3) is 5.91 Å². The van der Waals surface area contributed by atoms with Crippen LogP contribution in [0, 0.1) is 17.7 Å². The molecule has 1 heterocycles. The molecule has 1 aliphatic carbocycles. The minimum atomic E-state index is -5.19. The van der Waals surface area contributed by atoms with Crippen molar-refractivity contribution in [2.75, 3.05) is 11.9 Å². The summed E-state index contributed by atoms with van der Waals surface area (Å²) in [5.41, 5.74) is -1.91. The van der Waals surface area contributed by atoms with E-state index < -0.39 is 53.5 Å². The summed E-state index contributed by atoms with van der Waals surface area (Å²) in [6.07, 6.45) is -8.51. The first-order valence-corrected chi connectivity index (χ1v) is 12.1. The van der Waals surface area contributed by atoms with Gasteiger partial charge in [-0.05, 0) is 55.4 Å². The number of nitrogens with one attached hydrogen (secondary N) is 2. The van der Waals surface area contributed by atoms with Gasteiger partial charge in [-0.1, -0.05) is 25.1 Å². The highest BCUT2D eigenvalue weighted by atomic mass is 19.4. The van der Waals surface area contributed by atoms with Crippen LogP contribution in [0.5, 0.6) is 0 Å². The van der Waals surface area contributed by atoms with Crippen LogP contribution in [0.3, 0.4) is 0 Å². The van der Waals surface area contributed by atoms with E-state index >= 15 is 0 Å². The lowest BCUT2D eigenvalue weighted by molar-refractivity contribution is -0.167. The van der Waals surface area contributed by atoms with Crippen LogP contribution in [-0.2, 0) is 15.8 Å². The SMILES string of the molecule is C[C@@H]1C[C@H](C(=O)N[C@@H](c2ccc(C(F)(F)F)cc2F)C2CC2)N(C(=O)c2ccccc2NC(=O)C(F)(F)F)C1. The summed E-state index contributed by atoms with van der Waals surface area (Å²) < 4.78 is 92.0. The molecule has 1 saturated heterocycles. The quantitative estimate of drug-likeness (QED) is 0.462. The molecule has 0 aromatic heterocycles. The van der Waals surface area contributed by atoms with Crippen molar-refractivity contribution in [3.8, 4) is 0 Å². The van der Waals surface area contributed by atoms with Gasteiger partial charge < -0.3 is 15.5 Å². The van der Waals surface area contributed by atoms with Crippen LogP contribution in [0.4, 0.5) is 36.4 Å². The van der Waals surface area contributed by atoms with E-state index in [-0.39, 0.29) is 41.6 Å². The summed E-state index contributed by atoms with van der Waals surface area (Å²) >= 11 is 0. The van der Waals surface area contributed by atoms with Crippen molar-refractivity contribution in [2.45, 2.75) is 50.6 Å². The first-order chi connectivity index (χ1) is 18.2. The van der Waals surface area contributed by atoms with E-state index in [1.807, 2.05) is 0 Å². The van der Waals surface area contributed by atoms with Crippen LogP contribution in [0.15, 0.2) is 42.5 Å². The van der Waals surface area contributed by atoms with E-state index in [0.29, 0.717) is 18.9 Å². The van der Waals surface area contributed by atoms with Gasteiger partial charge in [0.15, 0.2) is 0 Å². The number of nitrogens with zero attached hydrogens (tertiary/aromatic N) is 1.